The molecule has 0 bridgehead atoms. The molecule has 3 fully saturated rings. The number of likely N-dealkylation sites (tertiary alicyclic amines) is 1. The van der Waals surface area contributed by atoms with Gasteiger partial charge in [0.25, 0.3) is 0 Å². The van der Waals surface area contributed by atoms with Gasteiger partial charge in [-0.1, -0.05) is 25.8 Å². The highest BCUT2D eigenvalue weighted by molar-refractivity contribution is 6.04. The summed E-state index contributed by atoms with van der Waals surface area (Å²) in [5.74, 6) is 1.38. The molecule has 2 aromatic carbocycles. The first-order chi connectivity index (χ1) is 23.3. The Labute approximate surface area is 277 Å². The van der Waals surface area contributed by atoms with Gasteiger partial charge in [0.1, 0.15) is 46.8 Å². The summed E-state index contributed by atoms with van der Waals surface area (Å²) >= 11 is 0. The minimum atomic E-state index is -0.793. The Hall–Kier alpha value is -4.34. The number of alkyl halides is 1. The SMILES string of the molecule is C#Cc1c(F)ccc2cc(O)cc(-c3nc4c5c(nc(OCC6(CN7CCC(F)CC7)CC6)nc5c3F)N3CCNC[C@H]3CO4)c12.CC. The molecule has 252 valence electrons. The fraction of sp³-hybridized carbons (Fsp3) is 0.472. The van der Waals surface area contributed by atoms with E-state index < -0.39 is 17.8 Å². The standard InChI is InChI=1S/C34H33F3N6O3.C2H6/c1-2-23-25(36)4-3-19-13-22(44)14-24(26(19)23)29-28(37)30-27-31(43-12-9-38-15-21(43)16-45-32(27)39-29)41-33(40-30)46-18-34(7-8-34)17-42-10-5-20(35)6-11-42;1-2/h1,3-4,13-14,20-21,38,44H,5-12,15-18H2;1-2H3/t21-;/m0./s1. The van der Waals surface area contributed by atoms with Crippen LogP contribution >= 0.6 is 0 Å². The van der Waals surface area contributed by atoms with E-state index in [1.807, 2.05) is 13.8 Å². The van der Waals surface area contributed by atoms with Crippen molar-refractivity contribution in [3.63, 3.8) is 0 Å². The van der Waals surface area contributed by atoms with E-state index in [4.69, 9.17) is 20.9 Å². The lowest BCUT2D eigenvalue weighted by atomic mass is 9.95. The highest BCUT2D eigenvalue weighted by Gasteiger charge is 2.45. The number of benzene rings is 2. The van der Waals surface area contributed by atoms with Crippen LogP contribution in [0.25, 0.3) is 32.9 Å². The zero-order valence-corrected chi connectivity index (χ0v) is 27.2. The van der Waals surface area contributed by atoms with Crippen LogP contribution in [0.4, 0.5) is 19.0 Å². The van der Waals surface area contributed by atoms with Crippen LogP contribution in [-0.4, -0.2) is 89.7 Å². The first-order valence-corrected chi connectivity index (χ1v) is 16.8. The molecule has 9 nitrogen and oxygen atoms in total. The lowest BCUT2D eigenvalue weighted by Crippen LogP contribution is -2.53. The summed E-state index contributed by atoms with van der Waals surface area (Å²) in [4.78, 5) is 18.4. The molecule has 0 spiro atoms. The number of hydrogen-bond donors (Lipinski definition) is 2. The topological polar surface area (TPSA) is 95.9 Å². The molecule has 1 saturated carbocycles. The fourth-order valence-corrected chi connectivity index (χ4v) is 7.05. The first-order valence-electron chi connectivity index (χ1n) is 16.8. The Morgan fingerprint density at radius 3 is 2.65 bits per heavy atom. The van der Waals surface area contributed by atoms with Crippen molar-refractivity contribution in [1.82, 2.24) is 25.2 Å². The van der Waals surface area contributed by atoms with Gasteiger partial charge in [0.05, 0.1) is 18.2 Å². The second-order valence-electron chi connectivity index (χ2n) is 12.9. The number of hydrogen-bond acceptors (Lipinski definition) is 9. The molecule has 0 unspecified atom stereocenters. The molecular formula is C36H39F3N6O3. The van der Waals surface area contributed by atoms with Crippen molar-refractivity contribution in [2.45, 2.75) is 51.7 Å². The quantitative estimate of drug-likeness (QED) is 0.257. The highest BCUT2D eigenvalue weighted by atomic mass is 19.1. The number of fused-ring (bicyclic) bond motifs is 3. The van der Waals surface area contributed by atoms with Gasteiger partial charge in [0, 0.05) is 55.6 Å². The van der Waals surface area contributed by atoms with Gasteiger partial charge in [-0.2, -0.15) is 9.97 Å². The minimum absolute atomic E-state index is 0.0357. The summed E-state index contributed by atoms with van der Waals surface area (Å²) in [6.45, 7) is 8.81. The van der Waals surface area contributed by atoms with Gasteiger partial charge < -0.3 is 29.7 Å². The van der Waals surface area contributed by atoms with Crippen molar-refractivity contribution in [1.29, 1.82) is 0 Å². The third kappa shape index (κ3) is 5.83. The van der Waals surface area contributed by atoms with Crippen molar-refractivity contribution in [3.8, 4) is 41.2 Å². The molecule has 48 heavy (non-hydrogen) atoms. The van der Waals surface area contributed by atoms with E-state index in [0.717, 1.165) is 32.5 Å². The number of phenolic OH excluding ortho intramolecular Hbond substituents is 1. The van der Waals surface area contributed by atoms with Gasteiger partial charge in [0.2, 0.25) is 5.88 Å². The summed E-state index contributed by atoms with van der Waals surface area (Å²) in [5.41, 5.74) is -0.277. The number of aromatic hydroxyl groups is 1. The van der Waals surface area contributed by atoms with E-state index in [0.29, 0.717) is 55.7 Å². The highest BCUT2D eigenvalue weighted by Crippen LogP contribution is 2.48. The number of halogens is 3. The van der Waals surface area contributed by atoms with Gasteiger partial charge in [-0.05, 0) is 49.3 Å². The van der Waals surface area contributed by atoms with Crippen LogP contribution < -0.4 is 19.7 Å². The molecule has 1 atom stereocenters. The Kier molecular flexibility index (Phi) is 8.68. The fourth-order valence-electron chi connectivity index (χ4n) is 7.05. The summed E-state index contributed by atoms with van der Waals surface area (Å²) < 4.78 is 57.9. The van der Waals surface area contributed by atoms with Crippen molar-refractivity contribution in [3.05, 3.63) is 41.5 Å². The maximum Gasteiger partial charge on any atom is 0.319 e. The zero-order chi connectivity index (χ0) is 33.6. The molecule has 2 saturated heterocycles. The molecule has 1 aliphatic carbocycles. The Morgan fingerprint density at radius 1 is 1.10 bits per heavy atom. The number of anilines is 1. The average molecular weight is 661 g/mol. The number of terminal acetylenes is 1. The van der Waals surface area contributed by atoms with Crippen LogP contribution in [0.1, 0.15) is 45.1 Å². The largest absolute Gasteiger partial charge is 0.508 e. The maximum atomic E-state index is 16.9. The number of pyridine rings is 1. The summed E-state index contributed by atoms with van der Waals surface area (Å²) in [7, 11) is 0. The van der Waals surface area contributed by atoms with Crippen molar-refractivity contribution in [2.75, 3.05) is 57.4 Å². The van der Waals surface area contributed by atoms with Gasteiger partial charge in [-0.3, -0.25) is 0 Å². The molecule has 0 radical (unpaired) electrons. The van der Waals surface area contributed by atoms with E-state index in [-0.39, 0.29) is 63.4 Å². The third-order valence-corrected chi connectivity index (χ3v) is 9.74. The van der Waals surface area contributed by atoms with Gasteiger partial charge >= 0.3 is 6.01 Å². The monoisotopic (exact) mass is 660 g/mol. The second kappa shape index (κ2) is 12.9. The summed E-state index contributed by atoms with van der Waals surface area (Å²) in [6, 6.07) is 5.38. The molecule has 2 N–H and O–H groups in total. The normalized spacial score (nSPS) is 20.2. The van der Waals surface area contributed by atoms with E-state index in [1.165, 1.54) is 24.3 Å². The van der Waals surface area contributed by atoms with E-state index >= 15 is 4.39 Å². The lowest BCUT2D eigenvalue weighted by Gasteiger charge is -2.35. The number of aromatic nitrogens is 3. The van der Waals surface area contributed by atoms with Crippen molar-refractivity contribution >= 4 is 27.5 Å². The average Bonchev–Trinajstić information content (AvgIpc) is 3.90. The minimum Gasteiger partial charge on any atom is -0.508 e. The molecule has 5 heterocycles. The number of piperazine rings is 1. The van der Waals surface area contributed by atoms with Crippen LogP contribution in [0.5, 0.6) is 17.6 Å². The first kappa shape index (κ1) is 32.2. The molecule has 2 aromatic heterocycles. The van der Waals surface area contributed by atoms with Crippen LogP contribution in [0.3, 0.4) is 0 Å². The number of nitrogens with one attached hydrogen (secondary N) is 1. The van der Waals surface area contributed by atoms with Crippen LogP contribution in [-0.2, 0) is 0 Å². The van der Waals surface area contributed by atoms with Crippen LogP contribution in [0, 0.1) is 29.4 Å². The number of piperidine rings is 1. The van der Waals surface area contributed by atoms with E-state index in [9.17, 15) is 13.9 Å². The number of phenols is 1. The number of ether oxygens (including phenoxy) is 2. The van der Waals surface area contributed by atoms with Crippen molar-refractivity contribution < 1.29 is 27.8 Å². The molecule has 4 aromatic rings. The molecule has 3 aliphatic heterocycles. The zero-order valence-electron chi connectivity index (χ0n) is 27.2. The van der Waals surface area contributed by atoms with Crippen LogP contribution in [0.2, 0.25) is 0 Å². The van der Waals surface area contributed by atoms with Gasteiger partial charge in [-0.25, -0.2) is 18.2 Å². The van der Waals surface area contributed by atoms with Gasteiger partial charge in [0.15, 0.2) is 5.82 Å². The van der Waals surface area contributed by atoms with E-state index in [2.05, 4.69) is 31.0 Å². The molecule has 8 rings (SSSR count). The summed E-state index contributed by atoms with van der Waals surface area (Å²) in [5, 5.41) is 15.0. The van der Waals surface area contributed by atoms with Crippen LogP contribution in [0.15, 0.2) is 24.3 Å². The molecular weight excluding hydrogens is 621 g/mol. The molecule has 12 heteroatoms. The Balaban J connectivity index is 0.00000179. The van der Waals surface area contributed by atoms with E-state index in [1.54, 1.807) is 0 Å². The van der Waals surface area contributed by atoms with Gasteiger partial charge in [-0.15, -0.1) is 6.42 Å². The maximum absolute atomic E-state index is 16.9. The molecule has 4 aliphatic rings. The Bertz CT molecular complexity index is 1900. The summed E-state index contributed by atoms with van der Waals surface area (Å²) in [6.07, 6.45) is 8.01. The van der Waals surface area contributed by atoms with Crippen molar-refractivity contribution in [2.24, 2.45) is 5.41 Å². The number of nitrogens with zero attached hydrogens (tertiary/aromatic N) is 5. The predicted molar refractivity (Wildman–Crippen MR) is 178 cm³/mol. The smallest absolute Gasteiger partial charge is 0.319 e. The second-order valence-corrected chi connectivity index (χ2v) is 12.9. The third-order valence-electron chi connectivity index (χ3n) is 9.74. The Morgan fingerprint density at radius 2 is 1.90 bits per heavy atom. The predicted octanol–water partition coefficient (Wildman–Crippen LogP) is 5.60. The lowest BCUT2D eigenvalue weighted by molar-refractivity contribution is 0.107. The number of rotatable bonds is 6. The molecule has 0 amide bonds.